The van der Waals surface area contributed by atoms with Crippen molar-refractivity contribution in [2.75, 3.05) is 10.0 Å². The number of hydrogen-bond acceptors (Lipinski definition) is 4. The van der Waals surface area contributed by atoms with Crippen molar-refractivity contribution in [3.63, 3.8) is 0 Å². The van der Waals surface area contributed by atoms with E-state index in [1.807, 2.05) is 5.32 Å². The maximum Gasteiger partial charge on any atom is 0.299 e. The highest BCUT2D eigenvalue weighted by atomic mass is 32.2. The zero-order valence-corrected chi connectivity index (χ0v) is 16.5. The molecule has 0 saturated heterocycles. The lowest BCUT2D eigenvalue weighted by Crippen LogP contribution is -2.18. The Hall–Kier alpha value is -4.00. The van der Waals surface area contributed by atoms with Crippen LogP contribution in [0.1, 0.15) is 10.4 Å². The fourth-order valence-electron chi connectivity index (χ4n) is 2.81. The van der Waals surface area contributed by atoms with E-state index in [1.165, 1.54) is 12.4 Å². The number of benzene rings is 2. The number of nitrogens with one attached hydrogen (secondary N) is 4. The number of aromatic amines is 2. The summed E-state index contributed by atoms with van der Waals surface area (Å²) < 4.78 is 82.8. The Morgan fingerprint density at radius 1 is 1.03 bits per heavy atom. The van der Waals surface area contributed by atoms with Gasteiger partial charge in [-0.3, -0.25) is 14.5 Å². The van der Waals surface area contributed by atoms with Gasteiger partial charge >= 0.3 is 0 Å². The monoisotopic (exact) mass is 466 g/mol. The molecule has 32 heavy (non-hydrogen) atoms. The summed E-state index contributed by atoms with van der Waals surface area (Å²) in [5.74, 6) is -5.91. The third kappa shape index (κ3) is 3.97. The molecule has 2 aromatic heterocycles. The highest BCUT2D eigenvalue weighted by Gasteiger charge is 2.24. The summed E-state index contributed by atoms with van der Waals surface area (Å²) in [5.41, 5.74) is -0.886. The summed E-state index contributed by atoms with van der Waals surface area (Å²) in [6.07, 6.45) is 2.63. The summed E-state index contributed by atoms with van der Waals surface area (Å²) in [6.45, 7) is 0. The van der Waals surface area contributed by atoms with Crippen molar-refractivity contribution >= 4 is 38.5 Å². The van der Waals surface area contributed by atoms with Crippen LogP contribution in [0, 0.1) is 23.3 Å². The van der Waals surface area contributed by atoms with Crippen LogP contribution >= 0.6 is 0 Å². The molecule has 0 aliphatic carbocycles. The van der Waals surface area contributed by atoms with Crippen molar-refractivity contribution in [1.29, 1.82) is 0 Å². The van der Waals surface area contributed by atoms with E-state index in [0.717, 1.165) is 12.3 Å². The summed E-state index contributed by atoms with van der Waals surface area (Å²) >= 11 is 0. The molecule has 0 aliphatic heterocycles. The number of aromatic nitrogens is 3. The number of nitrogens with zero attached hydrogens (tertiary/aromatic N) is 1. The first-order chi connectivity index (χ1) is 15.2. The van der Waals surface area contributed by atoms with Crippen LogP contribution in [-0.4, -0.2) is 24.3 Å². The lowest BCUT2D eigenvalue weighted by Gasteiger charge is -2.13. The van der Waals surface area contributed by atoms with Gasteiger partial charge in [0.15, 0.2) is 17.7 Å². The third-order valence-corrected chi connectivity index (χ3v) is 5.72. The lowest BCUT2D eigenvalue weighted by molar-refractivity contribution is -0.347. The van der Waals surface area contributed by atoms with Gasteiger partial charge in [0.2, 0.25) is 0 Å². The maximum absolute atomic E-state index is 14.9. The second-order valence-electron chi connectivity index (χ2n) is 6.47. The minimum absolute atomic E-state index is 0.0417. The molecule has 1 amide bonds. The third-order valence-electron chi connectivity index (χ3n) is 4.34. The smallest absolute Gasteiger partial charge is 0.299 e. The average molecular weight is 466 g/mol. The Balaban J connectivity index is 1.65. The van der Waals surface area contributed by atoms with Gasteiger partial charge in [-0.1, -0.05) is 0 Å². The molecule has 4 rings (SSSR count). The molecule has 2 heterocycles. The van der Waals surface area contributed by atoms with Crippen molar-refractivity contribution in [2.45, 2.75) is 4.90 Å². The zero-order chi connectivity index (χ0) is 23.0. The molecule has 4 N–H and O–H groups in total. The number of halogens is 4. The van der Waals surface area contributed by atoms with E-state index in [1.54, 1.807) is 4.72 Å². The SMILES string of the molecule is O=C(Nc1c(F)ccc(NS(=O)(=O)c2cc(F)ccc2F)c1F)c1cnc2[nH+]c[nH]c2c1. The van der Waals surface area contributed by atoms with E-state index in [4.69, 9.17) is 0 Å². The van der Waals surface area contributed by atoms with Crippen molar-refractivity contribution in [1.82, 2.24) is 9.97 Å². The largest absolute Gasteiger partial charge is 0.317 e. The Kier molecular flexibility index (Phi) is 5.26. The van der Waals surface area contributed by atoms with Crippen molar-refractivity contribution in [3.05, 3.63) is 77.8 Å². The quantitative estimate of drug-likeness (QED) is 0.392. The first kappa shape index (κ1) is 21.2. The van der Waals surface area contributed by atoms with Crippen molar-refractivity contribution < 1.29 is 35.8 Å². The van der Waals surface area contributed by atoms with Gasteiger partial charge in [-0.15, -0.1) is 4.98 Å². The predicted octanol–water partition coefficient (Wildman–Crippen LogP) is 2.99. The minimum Gasteiger partial charge on any atom is -0.317 e. The number of fused-ring (bicyclic) bond motifs is 1. The number of rotatable bonds is 5. The first-order valence-corrected chi connectivity index (χ1v) is 10.3. The molecule has 4 aromatic rings. The molecule has 13 heteroatoms. The van der Waals surface area contributed by atoms with Crippen LogP contribution in [0.3, 0.4) is 0 Å². The second-order valence-corrected chi connectivity index (χ2v) is 8.12. The molecule has 0 unspecified atom stereocenters. The van der Waals surface area contributed by atoms with Gasteiger partial charge in [0, 0.05) is 0 Å². The number of sulfonamides is 1. The Morgan fingerprint density at radius 3 is 2.56 bits per heavy atom. The van der Waals surface area contributed by atoms with E-state index >= 15 is 0 Å². The summed E-state index contributed by atoms with van der Waals surface area (Å²) in [6, 6.07) is 4.50. The molecule has 164 valence electrons. The van der Waals surface area contributed by atoms with Gasteiger partial charge in [0.1, 0.15) is 34.2 Å². The van der Waals surface area contributed by atoms with E-state index in [0.29, 0.717) is 35.4 Å². The highest BCUT2D eigenvalue weighted by Crippen LogP contribution is 2.29. The highest BCUT2D eigenvalue weighted by molar-refractivity contribution is 7.92. The van der Waals surface area contributed by atoms with E-state index in [-0.39, 0.29) is 5.56 Å². The number of pyridine rings is 1. The molecule has 0 radical (unpaired) electrons. The number of carbonyl (C=O) groups is 1. The van der Waals surface area contributed by atoms with Crippen LogP contribution in [0.5, 0.6) is 0 Å². The van der Waals surface area contributed by atoms with Crippen LogP contribution in [0.15, 0.2) is 53.8 Å². The standard InChI is InChI=1S/C19H11F4N5O3S/c20-10-1-2-11(21)15(6-10)32(30,31)28-13-4-3-12(22)17(16(13)23)27-19(29)9-5-14-18(24-7-9)26-8-25-14/h1-8,28H,(H,27,29)(H,24,25,26)/p+1. The summed E-state index contributed by atoms with van der Waals surface area (Å²) in [7, 11) is -4.77. The zero-order valence-electron chi connectivity index (χ0n) is 15.7. The Morgan fingerprint density at radius 2 is 1.78 bits per heavy atom. The van der Waals surface area contributed by atoms with Gasteiger partial charge in [0.25, 0.3) is 21.6 Å². The number of H-pyrrole nitrogens is 2. The summed E-state index contributed by atoms with van der Waals surface area (Å²) in [4.78, 5) is 20.9. The normalized spacial score (nSPS) is 11.5. The van der Waals surface area contributed by atoms with Crippen molar-refractivity contribution in [2.24, 2.45) is 0 Å². The lowest BCUT2D eigenvalue weighted by atomic mass is 10.2. The average Bonchev–Trinajstić information content (AvgIpc) is 3.22. The first-order valence-electron chi connectivity index (χ1n) is 8.78. The molecule has 2 aromatic carbocycles. The van der Waals surface area contributed by atoms with Crippen LogP contribution in [-0.2, 0) is 10.0 Å². The fourth-order valence-corrected chi connectivity index (χ4v) is 3.96. The van der Waals surface area contributed by atoms with Crippen LogP contribution in [0.25, 0.3) is 11.2 Å². The molecule has 0 fully saturated rings. The van der Waals surface area contributed by atoms with Crippen LogP contribution < -0.4 is 15.0 Å². The van der Waals surface area contributed by atoms with Crippen molar-refractivity contribution in [3.8, 4) is 0 Å². The number of carbonyl (C=O) groups excluding carboxylic acids is 1. The van der Waals surface area contributed by atoms with Gasteiger partial charge in [-0.2, -0.15) is 0 Å². The van der Waals surface area contributed by atoms with Gasteiger partial charge in [-0.05, 0) is 36.4 Å². The van der Waals surface area contributed by atoms with Crippen LogP contribution in [0.4, 0.5) is 28.9 Å². The van der Waals surface area contributed by atoms with Crippen LogP contribution in [0.2, 0.25) is 0 Å². The minimum atomic E-state index is -4.77. The second kappa shape index (κ2) is 7.92. The Bertz CT molecular complexity index is 1470. The molecule has 8 nitrogen and oxygen atoms in total. The molecule has 0 spiro atoms. The van der Waals surface area contributed by atoms with Gasteiger partial charge in [-0.25, -0.2) is 31.0 Å². The molecule has 0 aliphatic rings. The summed E-state index contributed by atoms with van der Waals surface area (Å²) in [5, 5.41) is 2.02. The van der Waals surface area contributed by atoms with Gasteiger partial charge in [0.05, 0.1) is 11.3 Å². The van der Waals surface area contributed by atoms with E-state index in [2.05, 4.69) is 15.0 Å². The number of amides is 1. The number of hydrogen-bond donors (Lipinski definition) is 3. The number of imidazole rings is 1. The molecular weight excluding hydrogens is 454 g/mol. The molecule has 0 bridgehead atoms. The van der Waals surface area contributed by atoms with E-state index < -0.39 is 55.5 Å². The molecule has 0 saturated carbocycles. The topological polar surface area (TPSA) is 118 Å². The van der Waals surface area contributed by atoms with E-state index in [9.17, 15) is 30.8 Å². The number of anilines is 2. The molecular formula is C19H12F4N5O3S+. The van der Waals surface area contributed by atoms with Gasteiger partial charge < -0.3 is 5.32 Å². The Labute approximate surface area is 177 Å². The fraction of sp³-hybridized carbons (Fsp3) is 0. The maximum atomic E-state index is 14.9. The molecule has 0 atom stereocenters. The predicted molar refractivity (Wildman–Crippen MR) is 104 cm³/mol.